The lowest BCUT2D eigenvalue weighted by Gasteiger charge is -2.09. The lowest BCUT2D eigenvalue weighted by molar-refractivity contribution is 1.26. The molecule has 1 nitrogen and oxygen atoms in total. The van der Waals surface area contributed by atoms with Crippen molar-refractivity contribution in [3.63, 3.8) is 0 Å². The molecule has 0 saturated heterocycles. The summed E-state index contributed by atoms with van der Waals surface area (Å²) in [6, 6.07) is 20.8. The zero-order valence-electron chi connectivity index (χ0n) is 11.9. The molecular formula is C18H13Br2NS. The van der Waals surface area contributed by atoms with E-state index in [1.807, 2.05) is 24.3 Å². The quantitative estimate of drug-likeness (QED) is 0.427. The fourth-order valence-corrected chi connectivity index (χ4v) is 3.15. The zero-order valence-corrected chi connectivity index (χ0v) is 15.9. The number of pyridine rings is 1. The molecule has 2 aromatic carbocycles. The van der Waals surface area contributed by atoms with Gasteiger partial charge in [0.1, 0.15) is 0 Å². The van der Waals surface area contributed by atoms with E-state index < -0.39 is 0 Å². The lowest BCUT2D eigenvalue weighted by Crippen LogP contribution is -1.90. The maximum absolute atomic E-state index is 4.84. The molecule has 0 amide bonds. The van der Waals surface area contributed by atoms with Crippen molar-refractivity contribution in [3.8, 4) is 22.5 Å². The van der Waals surface area contributed by atoms with Gasteiger partial charge in [-0.3, -0.25) is 0 Å². The number of hydrogen-bond acceptors (Lipinski definition) is 2. The second kappa shape index (κ2) is 6.99. The summed E-state index contributed by atoms with van der Waals surface area (Å²) in [5.41, 5.74) is 4.24. The molecule has 1 heterocycles. The van der Waals surface area contributed by atoms with Crippen molar-refractivity contribution < 1.29 is 0 Å². The van der Waals surface area contributed by atoms with Crippen LogP contribution < -0.4 is 0 Å². The molecule has 0 bridgehead atoms. The number of nitrogens with zero attached hydrogens (tertiary/aromatic N) is 1. The minimum Gasteiger partial charge on any atom is -0.248 e. The summed E-state index contributed by atoms with van der Waals surface area (Å²) in [6.07, 6.45) is 2.09. The van der Waals surface area contributed by atoms with Crippen LogP contribution in [0.1, 0.15) is 0 Å². The fourth-order valence-electron chi connectivity index (χ4n) is 2.16. The minimum atomic E-state index is 0.997. The van der Waals surface area contributed by atoms with E-state index in [0.29, 0.717) is 0 Å². The van der Waals surface area contributed by atoms with Gasteiger partial charge in [0.25, 0.3) is 0 Å². The van der Waals surface area contributed by atoms with Crippen molar-refractivity contribution >= 4 is 43.6 Å². The van der Waals surface area contributed by atoms with Gasteiger partial charge in [0.05, 0.1) is 11.4 Å². The van der Waals surface area contributed by atoms with Crippen molar-refractivity contribution in [2.45, 2.75) is 4.90 Å². The highest BCUT2D eigenvalue weighted by atomic mass is 79.9. The maximum atomic E-state index is 4.84. The third kappa shape index (κ3) is 3.62. The van der Waals surface area contributed by atoms with Gasteiger partial charge in [-0.05, 0) is 42.7 Å². The molecule has 0 aliphatic carbocycles. The molecule has 0 saturated carbocycles. The van der Waals surface area contributed by atoms with Gasteiger partial charge >= 0.3 is 0 Å². The van der Waals surface area contributed by atoms with Crippen molar-refractivity contribution in [1.29, 1.82) is 0 Å². The second-order valence-corrected chi connectivity index (χ2v) is 7.50. The first-order valence-corrected chi connectivity index (χ1v) is 9.55. The molecule has 0 atom stereocenters. The van der Waals surface area contributed by atoms with Crippen LogP contribution in [-0.4, -0.2) is 11.2 Å². The highest BCUT2D eigenvalue weighted by Crippen LogP contribution is 2.29. The molecule has 1 aromatic heterocycles. The predicted octanol–water partition coefficient (Wildman–Crippen LogP) is 6.66. The van der Waals surface area contributed by atoms with E-state index in [4.69, 9.17) is 4.98 Å². The Kier molecular flexibility index (Phi) is 5.01. The SMILES string of the molecule is CSc1cc(-c2ccc(Br)cc2)nc(-c2ccc(Br)cc2)c1. The van der Waals surface area contributed by atoms with E-state index in [2.05, 4.69) is 74.5 Å². The highest BCUT2D eigenvalue weighted by molar-refractivity contribution is 9.10. The van der Waals surface area contributed by atoms with E-state index in [1.54, 1.807) is 11.8 Å². The Morgan fingerprint density at radius 1 is 0.727 bits per heavy atom. The predicted molar refractivity (Wildman–Crippen MR) is 102 cm³/mol. The summed E-state index contributed by atoms with van der Waals surface area (Å²) >= 11 is 8.68. The van der Waals surface area contributed by atoms with Gasteiger partial charge in [0, 0.05) is 25.0 Å². The Hall–Kier alpha value is -1.10. The number of halogens is 2. The summed E-state index contributed by atoms with van der Waals surface area (Å²) < 4.78 is 2.15. The zero-order chi connectivity index (χ0) is 15.5. The number of rotatable bonds is 3. The van der Waals surface area contributed by atoms with E-state index in [9.17, 15) is 0 Å². The first kappa shape index (κ1) is 15.8. The third-order valence-electron chi connectivity index (χ3n) is 3.31. The highest BCUT2D eigenvalue weighted by Gasteiger charge is 2.07. The van der Waals surface area contributed by atoms with Gasteiger partial charge in [0.2, 0.25) is 0 Å². The van der Waals surface area contributed by atoms with Crippen molar-refractivity contribution in [2.75, 3.05) is 6.26 Å². The van der Waals surface area contributed by atoms with Gasteiger partial charge < -0.3 is 0 Å². The molecular weight excluding hydrogens is 422 g/mol. The average molecular weight is 435 g/mol. The Balaban J connectivity index is 2.10. The van der Waals surface area contributed by atoms with Crippen LogP contribution in [0.4, 0.5) is 0 Å². The monoisotopic (exact) mass is 433 g/mol. The molecule has 0 spiro atoms. The summed E-state index contributed by atoms with van der Waals surface area (Å²) in [7, 11) is 0. The second-order valence-electron chi connectivity index (χ2n) is 4.79. The van der Waals surface area contributed by atoms with Crippen LogP contribution in [0.25, 0.3) is 22.5 Å². The summed E-state index contributed by atoms with van der Waals surface area (Å²) in [6.45, 7) is 0. The first-order chi connectivity index (χ1) is 10.7. The van der Waals surface area contributed by atoms with Gasteiger partial charge in [-0.2, -0.15) is 0 Å². The molecule has 110 valence electrons. The molecule has 0 radical (unpaired) electrons. The standard InChI is InChI=1S/C18H13Br2NS/c1-22-16-10-17(12-2-6-14(19)7-3-12)21-18(11-16)13-4-8-15(20)9-5-13/h2-11H,1H3. The fraction of sp³-hybridized carbons (Fsp3) is 0.0556. The van der Waals surface area contributed by atoms with Gasteiger partial charge in [-0.15, -0.1) is 11.8 Å². The van der Waals surface area contributed by atoms with E-state index in [-0.39, 0.29) is 0 Å². The largest absolute Gasteiger partial charge is 0.248 e. The molecule has 3 aromatic rings. The smallest absolute Gasteiger partial charge is 0.0720 e. The molecule has 0 unspecified atom stereocenters. The van der Waals surface area contributed by atoms with Crippen LogP contribution in [0.5, 0.6) is 0 Å². The number of aromatic nitrogens is 1. The Labute approximate surface area is 151 Å². The van der Waals surface area contributed by atoms with Crippen LogP contribution >= 0.6 is 43.6 Å². The van der Waals surface area contributed by atoms with Crippen molar-refractivity contribution in [1.82, 2.24) is 4.98 Å². The van der Waals surface area contributed by atoms with Gasteiger partial charge in [0.15, 0.2) is 0 Å². The number of thioether (sulfide) groups is 1. The van der Waals surface area contributed by atoms with Crippen LogP contribution in [-0.2, 0) is 0 Å². The molecule has 22 heavy (non-hydrogen) atoms. The third-order valence-corrected chi connectivity index (χ3v) is 5.08. The Morgan fingerprint density at radius 2 is 1.14 bits per heavy atom. The van der Waals surface area contributed by atoms with Crippen LogP contribution in [0, 0.1) is 0 Å². The lowest BCUT2D eigenvalue weighted by atomic mass is 10.1. The molecule has 0 aliphatic heterocycles. The first-order valence-electron chi connectivity index (χ1n) is 6.73. The van der Waals surface area contributed by atoms with Crippen molar-refractivity contribution in [3.05, 3.63) is 69.6 Å². The van der Waals surface area contributed by atoms with Gasteiger partial charge in [-0.1, -0.05) is 56.1 Å². The number of hydrogen-bond donors (Lipinski definition) is 0. The molecule has 0 aliphatic rings. The van der Waals surface area contributed by atoms with E-state index in [1.165, 1.54) is 4.90 Å². The maximum Gasteiger partial charge on any atom is 0.0720 e. The van der Waals surface area contributed by atoms with Crippen LogP contribution in [0.2, 0.25) is 0 Å². The summed E-state index contributed by atoms with van der Waals surface area (Å²) in [4.78, 5) is 6.05. The van der Waals surface area contributed by atoms with Crippen molar-refractivity contribution in [2.24, 2.45) is 0 Å². The topological polar surface area (TPSA) is 12.9 Å². The van der Waals surface area contributed by atoms with Crippen LogP contribution in [0.3, 0.4) is 0 Å². The normalized spacial score (nSPS) is 10.7. The molecule has 0 N–H and O–H groups in total. The van der Waals surface area contributed by atoms with E-state index >= 15 is 0 Å². The molecule has 0 fully saturated rings. The Bertz CT molecular complexity index is 719. The Morgan fingerprint density at radius 3 is 1.50 bits per heavy atom. The van der Waals surface area contributed by atoms with Gasteiger partial charge in [-0.25, -0.2) is 4.98 Å². The van der Waals surface area contributed by atoms with E-state index in [0.717, 1.165) is 31.5 Å². The molecule has 4 heteroatoms. The van der Waals surface area contributed by atoms with Crippen LogP contribution in [0.15, 0.2) is 74.5 Å². The average Bonchev–Trinajstić information content (AvgIpc) is 2.55. The summed E-state index contributed by atoms with van der Waals surface area (Å²) in [5.74, 6) is 0. The number of benzene rings is 2. The molecule has 3 rings (SSSR count). The minimum absolute atomic E-state index is 0.997. The summed E-state index contributed by atoms with van der Waals surface area (Å²) in [5, 5.41) is 0.